The van der Waals surface area contributed by atoms with Crippen molar-refractivity contribution < 1.29 is 4.79 Å². The molecular weight excluding hydrogens is 260 g/mol. The molecule has 3 heteroatoms. The van der Waals surface area contributed by atoms with Crippen molar-refractivity contribution in [3.05, 3.63) is 35.9 Å². The molecule has 1 saturated heterocycles. The van der Waals surface area contributed by atoms with Gasteiger partial charge in [0.25, 0.3) is 0 Å². The highest BCUT2D eigenvalue weighted by Gasteiger charge is 2.34. The minimum atomic E-state index is -0.119. The van der Waals surface area contributed by atoms with E-state index in [0.29, 0.717) is 12.5 Å². The van der Waals surface area contributed by atoms with E-state index >= 15 is 0 Å². The number of hydrogen-bond donors (Lipinski definition) is 0. The van der Waals surface area contributed by atoms with Crippen molar-refractivity contribution in [3.8, 4) is 0 Å². The summed E-state index contributed by atoms with van der Waals surface area (Å²) in [7, 11) is 2.16. The second-order valence-corrected chi connectivity index (χ2v) is 7.13. The lowest BCUT2D eigenvalue weighted by Gasteiger charge is -2.45. The van der Waals surface area contributed by atoms with Crippen LogP contribution in [0.15, 0.2) is 30.3 Å². The van der Waals surface area contributed by atoms with Crippen LogP contribution < -0.4 is 0 Å². The maximum Gasteiger partial charge on any atom is 0.227 e. The Kier molecular flexibility index (Phi) is 5.04. The van der Waals surface area contributed by atoms with Crippen LogP contribution in [0.1, 0.15) is 39.2 Å². The van der Waals surface area contributed by atoms with Gasteiger partial charge in [-0.1, -0.05) is 30.3 Å². The number of likely N-dealkylation sites (tertiary alicyclic amines) is 1. The molecule has 1 aliphatic heterocycles. The standard InChI is InChI=1S/C18H28N2O/c1-18(2,3)20(16-10-12-19(4)13-11-16)17(21)14-15-8-6-5-7-9-15/h5-9,16H,10-14H2,1-4H3. The molecule has 1 aromatic carbocycles. The van der Waals surface area contributed by atoms with Gasteiger partial charge in [0, 0.05) is 11.6 Å². The van der Waals surface area contributed by atoms with Gasteiger partial charge in [0.05, 0.1) is 6.42 Å². The number of benzene rings is 1. The van der Waals surface area contributed by atoms with E-state index in [0.717, 1.165) is 31.5 Å². The van der Waals surface area contributed by atoms with E-state index in [2.05, 4.69) is 37.6 Å². The van der Waals surface area contributed by atoms with Crippen LogP contribution in [0, 0.1) is 0 Å². The van der Waals surface area contributed by atoms with Gasteiger partial charge >= 0.3 is 0 Å². The maximum atomic E-state index is 12.9. The molecule has 0 bridgehead atoms. The molecule has 1 heterocycles. The van der Waals surface area contributed by atoms with Gasteiger partial charge in [0.2, 0.25) is 5.91 Å². The van der Waals surface area contributed by atoms with Crippen molar-refractivity contribution in [3.63, 3.8) is 0 Å². The lowest BCUT2D eigenvalue weighted by Crippen LogP contribution is -2.55. The van der Waals surface area contributed by atoms with Gasteiger partial charge in [-0.2, -0.15) is 0 Å². The Morgan fingerprint density at radius 1 is 1.19 bits per heavy atom. The predicted molar refractivity (Wildman–Crippen MR) is 87.3 cm³/mol. The molecular formula is C18H28N2O. The van der Waals surface area contributed by atoms with Crippen molar-refractivity contribution in [1.29, 1.82) is 0 Å². The molecule has 116 valence electrons. The van der Waals surface area contributed by atoms with E-state index in [1.54, 1.807) is 0 Å². The Morgan fingerprint density at radius 2 is 1.76 bits per heavy atom. The smallest absolute Gasteiger partial charge is 0.227 e. The summed E-state index contributed by atoms with van der Waals surface area (Å²) < 4.78 is 0. The molecule has 0 spiro atoms. The number of carbonyl (C=O) groups is 1. The Morgan fingerprint density at radius 3 is 2.29 bits per heavy atom. The van der Waals surface area contributed by atoms with Crippen LogP contribution in [-0.4, -0.2) is 47.4 Å². The molecule has 0 radical (unpaired) electrons. The Hall–Kier alpha value is -1.35. The second-order valence-electron chi connectivity index (χ2n) is 7.13. The first-order chi connectivity index (χ1) is 9.88. The minimum Gasteiger partial charge on any atom is -0.334 e. The van der Waals surface area contributed by atoms with Gasteiger partial charge in [-0.15, -0.1) is 0 Å². The topological polar surface area (TPSA) is 23.6 Å². The quantitative estimate of drug-likeness (QED) is 0.854. The molecule has 3 nitrogen and oxygen atoms in total. The zero-order valence-corrected chi connectivity index (χ0v) is 13.8. The van der Waals surface area contributed by atoms with Crippen LogP contribution in [-0.2, 0) is 11.2 Å². The van der Waals surface area contributed by atoms with E-state index in [4.69, 9.17) is 0 Å². The average Bonchev–Trinajstić information content (AvgIpc) is 2.41. The predicted octanol–water partition coefficient (Wildman–Crippen LogP) is 2.95. The third-order valence-corrected chi connectivity index (χ3v) is 4.24. The summed E-state index contributed by atoms with van der Waals surface area (Å²) in [6.07, 6.45) is 2.66. The second kappa shape index (κ2) is 6.61. The zero-order chi connectivity index (χ0) is 15.5. The van der Waals surface area contributed by atoms with E-state index in [-0.39, 0.29) is 11.4 Å². The van der Waals surface area contributed by atoms with Crippen LogP contribution in [0.3, 0.4) is 0 Å². The summed E-state index contributed by atoms with van der Waals surface area (Å²) in [6, 6.07) is 10.4. The van der Waals surface area contributed by atoms with E-state index in [9.17, 15) is 4.79 Å². The highest BCUT2D eigenvalue weighted by Crippen LogP contribution is 2.25. The molecule has 1 aliphatic rings. The fourth-order valence-electron chi connectivity index (χ4n) is 3.23. The van der Waals surface area contributed by atoms with Crippen LogP contribution in [0.2, 0.25) is 0 Å². The Labute approximate surface area is 128 Å². The number of hydrogen-bond acceptors (Lipinski definition) is 2. The fraction of sp³-hybridized carbons (Fsp3) is 0.611. The fourth-order valence-corrected chi connectivity index (χ4v) is 3.23. The van der Waals surface area contributed by atoms with Crippen LogP contribution >= 0.6 is 0 Å². The molecule has 0 N–H and O–H groups in total. The molecule has 0 unspecified atom stereocenters. The summed E-state index contributed by atoms with van der Waals surface area (Å²) in [4.78, 5) is 17.3. The lowest BCUT2D eigenvalue weighted by molar-refractivity contribution is -0.139. The summed E-state index contributed by atoms with van der Waals surface area (Å²) in [5.41, 5.74) is 0.983. The molecule has 21 heavy (non-hydrogen) atoms. The first-order valence-electron chi connectivity index (χ1n) is 7.92. The van der Waals surface area contributed by atoms with Crippen molar-refractivity contribution in [1.82, 2.24) is 9.80 Å². The lowest BCUT2D eigenvalue weighted by atomic mass is 9.95. The zero-order valence-electron chi connectivity index (χ0n) is 13.8. The van der Waals surface area contributed by atoms with Crippen LogP contribution in [0.5, 0.6) is 0 Å². The molecule has 1 aromatic rings. The third kappa shape index (κ3) is 4.31. The number of rotatable bonds is 3. The SMILES string of the molecule is CN1CCC(N(C(=O)Cc2ccccc2)C(C)(C)C)CC1. The number of nitrogens with zero attached hydrogens (tertiary/aromatic N) is 2. The van der Waals surface area contributed by atoms with E-state index in [1.165, 1.54) is 0 Å². The molecule has 1 fully saturated rings. The number of carbonyl (C=O) groups excluding carboxylic acids is 1. The number of piperidine rings is 1. The summed E-state index contributed by atoms with van der Waals surface area (Å²) in [5.74, 6) is 0.253. The molecule has 0 aliphatic carbocycles. The van der Waals surface area contributed by atoms with Crippen molar-refractivity contribution in [2.45, 2.75) is 51.6 Å². The molecule has 0 atom stereocenters. The van der Waals surface area contributed by atoms with Crippen molar-refractivity contribution in [2.75, 3.05) is 20.1 Å². The maximum absolute atomic E-state index is 12.9. The van der Waals surface area contributed by atoms with Gasteiger partial charge in [0.1, 0.15) is 0 Å². The van der Waals surface area contributed by atoms with Gasteiger partial charge in [-0.05, 0) is 59.3 Å². The van der Waals surface area contributed by atoms with Crippen LogP contribution in [0.4, 0.5) is 0 Å². The summed E-state index contributed by atoms with van der Waals surface area (Å²) in [6.45, 7) is 8.60. The first-order valence-corrected chi connectivity index (χ1v) is 7.92. The monoisotopic (exact) mass is 288 g/mol. The first kappa shape index (κ1) is 16.0. The number of amides is 1. The Bertz CT molecular complexity index is 456. The van der Waals surface area contributed by atoms with Gasteiger partial charge in [0.15, 0.2) is 0 Å². The Balaban J connectivity index is 2.11. The summed E-state index contributed by atoms with van der Waals surface area (Å²) in [5, 5.41) is 0. The van der Waals surface area contributed by atoms with Gasteiger partial charge in [-0.25, -0.2) is 0 Å². The van der Waals surface area contributed by atoms with E-state index in [1.807, 2.05) is 30.3 Å². The van der Waals surface area contributed by atoms with Gasteiger partial charge in [-0.3, -0.25) is 4.79 Å². The normalized spacial score (nSPS) is 17.7. The third-order valence-electron chi connectivity index (χ3n) is 4.24. The van der Waals surface area contributed by atoms with Crippen LogP contribution in [0.25, 0.3) is 0 Å². The van der Waals surface area contributed by atoms with Crippen molar-refractivity contribution >= 4 is 5.91 Å². The largest absolute Gasteiger partial charge is 0.334 e. The minimum absolute atomic E-state index is 0.119. The highest BCUT2D eigenvalue weighted by molar-refractivity contribution is 5.79. The molecule has 1 amide bonds. The van der Waals surface area contributed by atoms with E-state index < -0.39 is 0 Å². The highest BCUT2D eigenvalue weighted by atomic mass is 16.2. The molecule has 2 rings (SSSR count). The van der Waals surface area contributed by atoms with Gasteiger partial charge < -0.3 is 9.80 Å². The molecule has 0 aromatic heterocycles. The average molecular weight is 288 g/mol. The van der Waals surface area contributed by atoms with Crippen molar-refractivity contribution in [2.24, 2.45) is 0 Å². The molecule has 0 saturated carbocycles. The summed E-state index contributed by atoms with van der Waals surface area (Å²) >= 11 is 0.